The van der Waals surface area contributed by atoms with Gasteiger partial charge in [-0.05, 0) is 207 Å². The monoisotopic (exact) mass is 758 g/mol. The van der Waals surface area contributed by atoms with Crippen LogP contribution in [0, 0.1) is 6.92 Å². The fourth-order valence-corrected chi connectivity index (χ4v) is 14.7. The number of hydrogen-bond acceptors (Lipinski definition) is 0. The lowest BCUT2D eigenvalue weighted by Crippen LogP contribution is -2.02. The number of fused-ring (bicyclic) bond motifs is 12. The lowest BCUT2D eigenvalue weighted by molar-refractivity contribution is 1.51. The van der Waals surface area contributed by atoms with Crippen LogP contribution in [-0.4, -0.2) is 0 Å². The van der Waals surface area contributed by atoms with Gasteiger partial charge in [-0.2, -0.15) is 0 Å². The second-order valence-corrected chi connectivity index (χ2v) is 18.9. The summed E-state index contributed by atoms with van der Waals surface area (Å²) in [5.41, 5.74) is 1.31. The third kappa shape index (κ3) is 2.59. The summed E-state index contributed by atoms with van der Waals surface area (Å²) in [5.74, 6) is 0. The zero-order valence-electron chi connectivity index (χ0n) is 32.8. The number of rotatable bonds is 0. The van der Waals surface area contributed by atoms with E-state index in [-0.39, 0.29) is 0 Å². The van der Waals surface area contributed by atoms with Gasteiger partial charge in [0, 0.05) is 0 Å². The molecule has 0 unspecified atom stereocenters. The summed E-state index contributed by atoms with van der Waals surface area (Å²) in [5, 5.41) is 50.9. The zero-order valence-corrected chi connectivity index (χ0v) is 32.8. The maximum absolute atomic E-state index is 2.60. The van der Waals surface area contributed by atoms with E-state index in [9.17, 15) is 0 Å². The maximum Gasteiger partial charge on any atom is -0.00000151 e. The van der Waals surface area contributed by atoms with Crippen molar-refractivity contribution >= 4 is 194 Å². The van der Waals surface area contributed by atoms with E-state index < -0.39 is 0 Å². The first-order valence-electron chi connectivity index (χ1n) is 21.9. The number of aryl methyl sites for hydroxylation is 1. The molecule has 19 aromatic carbocycles. The average molecular weight is 759 g/mol. The van der Waals surface area contributed by atoms with Crippen LogP contribution in [0.2, 0.25) is 0 Å². The van der Waals surface area contributed by atoms with Gasteiger partial charge in [-0.3, -0.25) is 0 Å². The van der Waals surface area contributed by atoms with Crippen molar-refractivity contribution in [2.75, 3.05) is 0 Å². The smallest absolute Gasteiger partial charge is 0.00000151 e. The zero-order chi connectivity index (χ0) is 38.6. The van der Waals surface area contributed by atoms with Crippen LogP contribution in [-0.2, 0) is 0 Å². The minimum absolute atomic E-state index is 1.31. The Morgan fingerprint density at radius 2 is 0.410 bits per heavy atom. The fourth-order valence-electron chi connectivity index (χ4n) is 14.7. The summed E-state index contributed by atoms with van der Waals surface area (Å²) < 4.78 is 0. The fraction of sp³-hybridized carbons (Fsp3) is 0.0164. The van der Waals surface area contributed by atoms with E-state index in [2.05, 4.69) is 146 Å². The molecule has 61 heavy (non-hydrogen) atoms. The Morgan fingerprint density at radius 1 is 0.164 bits per heavy atom. The van der Waals surface area contributed by atoms with E-state index in [1.54, 1.807) is 0 Å². The molecule has 0 saturated carbocycles. The molecule has 19 aromatic rings. The first kappa shape index (κ1) is 28.6. The Bertz CT molecular complexity index is 5200. The van der Waals surface area contributed by atoms with E-state index >= 15 is 0 Å². The lowest BCUT2D eigenvalue weighted by Gasteiger charge is -2.31. The molecule has 0 N–H and O–H groups in total. The molecule has 0 aliphatic carbocycles. The highest BCUT2D eigenvalue weighted by Gasteiger charge is 2.35. The highest BCUT2D eigenvalue weighted by Crippen LogP contribution is 2.64. The molecule has 0 fully saturated rings. The molecule has 270 valence electrons. The summed E-state index contributed by atoms with van der Waals surface area (Å²) >= 11 is 0. The van der Waals surface area contributed by atoms with Gasteiger partial charge in [0.05, 0.1) is 0 Å². The Labute approximate surface area is 344 Å². The van der Waals surface area contributed by atoms with Crippen molar-refractivity contribution in [3.05, 3.63) is 145 Å². The van der Waals surface area contributed by atoms with Gasteiger partial charge in [0.15, 0.2) is 0 Å². The van der Waals surface area contributed by atoms with Crippen molar-refractivity contribution in [1.29, 1.82) is 0 Å². The SMILES string of the molecule is Cc1ccc2c(c1)c1ccc3c4cccc5c6ccc7c8ccccc8c8ccc9c%10ccc%11c%12ccccc%12c%12cc2c2c1c3c1c(c54)c3c6c7c8c9c3c3c%10c%11c%12c2c13. The van der Waals surface area contributed by atoms with Gasteiger partial charge in [0.2, 0.25) is 0 Å². The van der Waals surface area contributed by atoms with Crippen molar-refractivity contribution in [2.45, 2.75) is 6.92 Å². The van der Waals surface area contributed by atoms with Crippen molar-refractivity contribution in [3.8, 4) is 0 Å². The summed E-state index contributed by atoms with van der Waals surface area (Å²) in [6, 6.07) is 55.2. The third-order valence-corrected chi connectivity index (χ3v) is 16.6. The van der Waals surface area contributed by atoms with Crippen LogP contribution in [0.3, 0.4) is 0 Å². The maximum atomic E-state index is 2.60. The summed E-state index contributed by atoms with van der Waals surface area (Å²) in [6.07, 6.45) is 0. The van der Waals surface area contributed by atoms with Crippen molar-refractivity contribution < 1.29 is 0 Å². The summed E-state index contributed by atoms with van der Waals surface area (Å²) in [7, 11) is 0. The molecule has 0 heterocycles. The Hall–Kier alpha value is -7.80. The van der Waals surface area contributed by atoms with Gasteiger partial charge in [-0.15, -0.1) is 0 Å². The minimum atomic E-state index is 1.31. The van der Waals surface area contributed by atoms with Crippen LogP contribution in [0.15, 0.2) is 140 Å². The van der Waals surface area contributed by atoms with Crippen LogP contribution >= 0.6 is 0 Å². The van der Waals surface area contributed by atoms with Crippen molar-refractivity contribution in [1.82, 2.24) is 0 Å². The molecule has 0 amide bonds. The first-order chi connectivity index (χ1) is 30.2. The van der Waals surface area contributed by atoms with Gasteiger partial charge >= 0.3 is 0 Å². The second kappa shape index (κ2) is 8.59. The molecule has 0 nitrogen and oxygen atoms in total. The van der Waals surface area contributed by atoms with Gasteiger partial charge in [0.25, 0.3) is 0 Å². The Morgan fingerprint density at radius 3 is 0.852 bits per heavy atom. The molecule has 0 aliphatic rings. The van der Waals surface area contributed by atoms with E-state index in [1.165, 1.54) is 199 Å². The molecule has 0 atom stereocenters. The van der Waals surface area contributed by atoms with E-state index in [1.807, 2.05) is 0 Å². The molecule has 0 radical (unpaired) electrons. The van der Waals surface area contributed by atoms with Gasteiger partial charge in [0.1, 0.15) is 0 Å². The largest absolute Gasteiger partial charge is 0.0616 e. The quantitative estimate of drug-likeness (QED) is 0.107. The Kier molecular flexibility index (Phi) is 4.03. The Balaban J connectivity index is 1.32. The van der Waals surface area contributed by atoms with E-state index in [4.69, 9.17) is 0 Å². The molecule has 0 aromatic heterocycles. The van der Waals surface area contributed by atoms with Crippen molar-refractivity contribution in [2.24, 2.45) is 0 Å². The van der Waals surface area contributed by atoms with Gasteiger partial charge in [-0.1, -0.05) is 139 Å². The third-order valence-electron chi connectivity index (χ3n) is 16.6. The van der Waals surface area contributed by atoms with Crippen LogP contribution < -0.4 is 0 Å². The molecule has 0 heteroatoms. The van der Waals surface area contributed by atoms with Crippen LogP contribution in [0.4, 0.5) is 0 Å². The number of hydrogen-bond donors (Lipinski definition) is 0. The summed E-state index contributed by atoms with van der Waals surface area (Å²) in [4.78, 5) is 0. The molecule has 0 spiro atoms. The predicted molar refractivity (Wildman–Crippen MR) is 267 cm³/mol. The van der Waals surface area contributed by atoms with Crippen LogP contribution in [0.1, 0.15) is 5.56 Å². The molecule has 0 aliphatic heterocycles. The molecular weight excluding hydrogens is 733 g/mol. The predicted octanol–water partition coefficient (Wildman–Crippen LogP) is 17.7. The highest BCUT2D eigenvalue weighted by atomic mass is 14.4. The van der Waals surface area contributed by atoms with E-state index in [0.717, 1.165) is 0 Å². The normalized spacial score (nSPS) is 14.0. The molecule has 19 rings (SSSR count). The lowest BCUT2D eigenvalue weighted by atomic mass is 9.70. The second-order valence-electron chi connectivity index (χ2n) is 18.9. The standard InChI is InChI=1S/C61H26/c1-25-13-14-30-41(23-25)40-22-21-37-32-12-6-11-31-36-18-15-33-26-7-2-3-8-27(26)34-16-19-38-39-20-17-35-28-9-4-5-10-29(28)42-24-43(30)54-48(40)50(37)58-55(44(31)32)57-49(36)45(33)46(34)51(38)59(57)60-52(39)47(35)53(42)56(54)61(58)60/h2-24H,1H3. The van der Waals surface area contributed by atoms with Crippen LogP contribution in [0.25, 0.3) is 194 Å². The first-order valence-corrected chi connectivity index (χ1v) is 21.9. The van der Waals surface area contributed by atoms with Crippen molar-refractivity contribution in [3.63, 3.8) is 0 Å². The topological polar surface area (TPSA) is 0 Å². The van der Waals surface area contributed by atoms with E-state index in [0.29, 0.717) is 0 Å². The highest BCUT2D eigenvalue weighted by molar-refractivity contribution is 6.65. The molecular formula is C61H26. The molecule has 0 saturated heterocycles. The van der Waals surface area contributed by atoms with Crippen LogP contribution in [0.5, 0.6) is 0 Å². The average Bonchev–Trinajstić information content (AvgIpc) is 3.31. The van der Waals surface area contributed by atoms with Gasteiger partial charge in [-0.25, -0.2) is 0 Å². The van der Waals surface area contributed by atoms with Gasteiger partial charge < -0.3 is 0 Å². The number of benzene rings is 19. The summed E-state index contributed by atoms with van der Waals surface area (Å²) in [6.45, 7) is 2.25. The minimum Gasteiger partial charge on any atom is -0.0616 e. The molecule has 0 bridgehead atoms.